The van der Waals surface area contributed by atoms with Gasteiger partial charge in [-0.05, 0) is 32.1 Å². The molecule has 0 aromatic rings. The zero-order chi connectivity index (χ0) is 15.9. The Morgan fingerprint density at radius 2 is 2.00 bits per heavy atom. The van der Waals surface area contributed by atoms with Crippen LogP contribution in [0.2, 0.25) is 0 Å². The fourth-order valence-electron chi connectivity index (χ4n) is 2.97. The van der Waals surface area contributed by atoms with Gasteiger partial charge >= 0.3 is 12.0 Å². The van der Waals surface area contributed by atoms with Crippen LogP contribution in [-0.2, 0) is 4.79 Å². The minimum absolute atomic E-state index is 0.0850. The summed E-state index contributed by atoms with van der Waals surface area (Å²) in [5.41, 5.74) is -0.762. The average Bonchev–Trinajstić information content (AvgIpc) is 2.88. The second-order valence-corrected chi connectivity index (χ2v) is 6.00. The Morgan fingerprint density at radius 1 is 1.29 bits per heavy atom. The van der Waals surface area contributed by atoms with Gasteiger partial charge < -0.3 is 20.0 Å². The number of aliphatic hydroxyl groups excluding tert-OH is 1. The van der Waals surface area contributed by atoms with Crippen molar-refractivity contribution in [2.75, 3.05) is 33.3 Å². The van der Waals surface area contributed by atoms with Crippen molar-refractivity contribution in [2.45, 2.75) is 45.4 Å². The maximum Gasteiger partial charge on any atom is 0.319 e. The van der Waals surface area contributed by atoms with Crippen molar-refractivity contribution >= 4 is 12.0 Å². The molecule has 6 heteroatoms. The second kappa shape index (κ2) is 8.22. The van der Waals surface area contributed by atoms with Crippen LogP contribution in [0, 0.1) is 5.41 Å². The maximum absolute atomic E-state index is 12.3. The minimum atomic E-state index is -0.787. The van der Waals surface area contributed by atoms with Gasteiger partial charge in [0.2, 0.25) is 0 Å². The zero-order valence-corrected chi connectivity index (χ0v) is 13.2. The normalized spacial score (nSPS) is 21.6. The van der Waals surface area contributed by atoms with Crippen LogP contribution in [0.25, 0.3) is 0 Å². The summed E-state index contributed by atoms with van der Waals surface area (Å²) in [5.74, 6) is -0.787. The van der Waals surface area contributed by atoms with E-state index < -0.39 is 11.4 Å². The van der Waals surface area contributed by atoms with E-state index in [2.05, 4.69) is 0 Å². The van der Waals surface area contributed by atoms with Crippen molar-refractivity contribution in [1.29, 1.82) is 0 Å². The number of aliphatic hydroxyl groups is 1. The number of hydrogen-bond donors (Lipinski definition) is 2. The summed E-state index contributed by atoms with van der Waals surface area (Å²) in [6, 6.07) is -0.0850. The number of aliphatic carboxylic acids is 1. The molecule has 0 spiro atoms. The van der Waals surface area contributed by atoms with E-state index in [0.717, 1.165) is 25.7 Å². The molecule has 0 aromatic heterocycles. The first-order chi connectivity index (χ1) is 9.96. The largest absolute Gasteiger partial charge is 0.481 e. The number of likely N-dealkylation sites (tertiary alicyclic amines) is 1. The quantitative estimate of drug-likeness (QED) is 0.670. The van der Waals surface area contributed by atoms with E-state index in [9.17, 15) is 14.7 Å². The highest BCUT2D eigenvalue weighted by molar-refractivity contribution is 5.79. The average molecular weight is 300 g/mol. The van der Waals surface area contributed by atoms with Gasteiger partial charge in [-0.25, -0.2) is 4.79 Å². The first-order valence-corrected chi connectivity index (χ1v) is 7.81. The third-order valence-corrected chi connectivity index (χ3v) is 4.28. The molecule has 0 saturated carbocycles. The first-order valence-electron chi connectivity index (χ1n) is 7.81. The van der Waals surface area contributed by atoms with E-state index in [-0.39, 0.29) is 12.6 Å². The fourth-order valence-corrected chi connectivity index (χ4v) is 2.97. The van der Waals surface area contributed by atoms with Gasteiger partial charge in [0, 0.05) is 33.3 Å². The number of carbonyl (C=O) groups excluding carboxylic acids is 1. The molecule has 1 rings (SSSR count). The van der Waals surface area contributed by atoms with Gasteiger partial charge in [-0.15, -0.1) is 0 Å². The van der Waals surface area contributed by atoms with Crippen LogP contribution in [0.5, 0.6) is 0 Å². The lowest BCUT2D eigenvalue weighted by molar-refractivity contribution is -0.148. The molecule has 0 bridgehead atoms. The van der Waals surface area contributed by atoms with Gasteiger partial charge in [0.25, 0.3) is 0 Å². The molecule has 0 aromatic carbocycles. The van der Waals surface area contributed by atoms with Crippen molar-refractivity contribution < 1.29 is 19.8 Å². The maximum atomic E-state index is 12.3. The fraction of sp³-hybridized carbons (Fsp3) is 0.867. The van der Waals surface area contributed by atoms with Crippen LogP contribution in [-0.4, -0.2) is 65.3 Å². The van der Waals surface area contributed by atoms with Gasteiger partial charge in [0.1, 0.15) is 0 Å². The Hall–Kier alpha value is -1.30. The summed E-state index contributed by atoms with van der Waals surface area (Å²) in [6.45, 7) is 3.63. The van der Waals surface area contributed by atoms with Crippen LogP contribution in [0.3, 0.4) is 0 Å². The minimum Gasteiger partial charge on any atom is -0.481 e. The van der Waals surface area contributed by atoms with E-state index in [1.807, 2.05) is 6.92 Å². The van der Waals surface area contributed by atoms with Gasteiger partial charge in [-0.3, -0.25) is 4.79 Å². The SMILES string of the molecule is CCCC1(C(=O)O)CCN(C(=O)N(C)CCCCCO)C1. The van der Waals surface area contributed by atoms with Crippen molar-refractivity contribution in [2.24, 2.45) is 5.41 Å². The molecular weight excluding hydrogens is 272 g/mol. The number of urea groups is 1. The van der Waals surface area contributed by atoms with E-state index in [1.165, 1.54) is 0 Å². The molecule has 1 saturated heterocycles. The number of carboxylic acids is 1. The smallest absolute Gasteiger partial charge is 0.319 e. The highest BCUT2D eigenvalue weighted by atomic mass is 16.4. The number of carboxylic acid groups (broad SMARTS) is 1. The molecule has 2 N–H and O–H groups in total. The number of rotatable bonds is 8. The Bertz CT molecular complexity index is 362. The standard InChI is InChI=1S/C15H28N2O4/c1-3-7-15(13(19)20)8-10-17(12-15)14(21)16(2)9-5-4-6-11-18/h18H,3-12H2,1-2H3,(H,19,20). The number of unbranched alkanes of at least 4 members (excludes halogenated alkanes) is 2. The van der Waals surface area contributed by atoms with Gasteiger partial charge in [0.15, 0.2) is 0 Å². The molecule has 122 valence electrons. The molecule has 0 aliphatic carbocycles. The summed E-state index contributed by atoms with van der Waals surface area (Å²) in [6.07, 6.45) is 4.47. The van der Waals surface area contributed by atoms with Crippen LogP contribution in [0.15, 0.2) is 0 Å². The van der Waals surface area contributed by atoms with Crippen molar-refractivity contribution in [3.05, 3.63) is 0 Å². The zero-order valence-electron chi connectivity index (χ0n) is 13.2. The van der Waals surface area contributed by atoms with Crippen LogP contribution in [0.4, 0.5) is 4.79 Å². The summed E-state index contributed by atoms with van der Waals surface area (Å²) in [5, 5.41) is 18.2. The Balaban J connectivity index is 2.50. The van der Waals surface area contributed by atoms with E-state index in [4.69, 9.17) is 5.11 Å². The van der Waals surface area contributed by atoms with Gasteiger partial charge in [-0.1, -0.05) is 13.3 Å². The van der Waals surface area contributed by atoms with Crippen LogP contribution in [0.1, 0.15) is 45.4 Å². The van der Waals surface area contributed by atoms with E-state index in [1.54, 1.807) is 16.8 Å². The third-order valence-electron chi connectivity index (χ3n) is 4.28. The molecule has 6 nitrogen and oxygen atoms in total. The first kappa shape index (κ1) is 17.8. The molecule has 2 amide bonds. The molecule has 1 aliphatic rings. The highest BCUT2D eigenvalue weighted by Crippen LogP contribution is 2.35. The van der Waals surface area contributed by atoms with Gasteiger partial charge in [-0.2, -0.15) is 0 Å². The van der Waals surface area contributed by atoms with Crippen molar-refractivity contribution in [1.82, 2.24) is 9.80 Å². The topological polar surface area (TPSA) is 81.1 Å². The summed E-state index contributed by atoms with van der Waals surface area (Å²) >= 11 is 0. The molecule has 1 atom stereocenters. The third kappa shape index (κ3) is 4.59. The predicted octanol–water partition coefficient (Wildman–Crippen LogP) is 1.78. The lowest BCUT2D eigenvalue weighted by atomic mass is 9.83. The summed E-state index contributed by atoms with van der Waals surface area (Å²) < 4.78 is 0. The molecule has 21 heavy (non-hydrogen) atoms. The Morgan fingerprint density at radius 3 is 2.57 bits per heavy atom. The van der Waals surface area contributed by atoms with Crippen molar-refractivity contribution in [3.8, 4) is 0 Å². The molecule has 1 aliphatic heterocycles. The molecule has 1 heterocycles. The number of nitrogens with zero attached hydrogens (tertiary/aromatic N) is 2. The number of hydrogen-bond acceptors (Lipinski definition) is 3. The second-order valence-electron chi connectivity index (χ2n) is 6.00. The van der Waals surface area contributed by atoms with E-state index >= 15 is 0 Å². The van der Waals surface area contributed by atoms with Crippen LogP contribution < -0.4 is 0 Å². The van der Waals surface area contributed by atoms with Crippen molar-refractivity contribution in [3.63, 3.8) is 0 Å². The van der Waals surface area contributed by atoms with E-state index in [0.29, 0.717) is 32.5 Å². The molecule has 0 radical (unpaired) electrons. The highest BCUT2D eigenvalue weighted by Gasteiger charge is 2.45. The summed E-state index contributed by atoms with van der Waals surface area (Å²) in [7, 11) is 1.75. The lowest BCUT2D eigenvalue weighted by Crippen LogP contribution is -2.42. The Kier molecular flexibility index (Phi) is 6.95. The van der Waals surface area contributed by atoms with Crippen LogP contribution >= 0.6 is 0 Å². The Labute approximate surface area is 126 Å². The monoisotopic (exact) mass is 300 g/mol. The molecule has 1 unspecified atom stereocenters. The lowest BCUT2D eigenvalue weighted by Gasteiger charge is -2.27. The predicted molar refractivity (Wildman–Crippen MR) is 80.1 cm³/mol. The van der Waals surface area contributed by atoms with Gasteiger partial charge in [0.05, 0.1) is 5.41 Å². The number of amides is 2. The number of carbonyl (C=O) groups is 2. The summed E-state index contributed by atoms with van der Waals surface area (Å²) in [4.78, 5) is 27.2. The molecule has 1 fully saturated rings. The molecular formula is C15H28N2O4.